The van der Waals surface area contributed by atoms with E-state index < -0.39 is 6.03 Å². The fourth-order valence-electron chi connectivity index (χ4n) is 2.58. The number of nitrogens with zero attached hydrogens (tertiary/aromatic N) is 1. The first-order valence-electron chi connectivity index (χ1n) is 7.49. The van der Waals surface area contributed by atoms with E-state index in [4.69, 9.17) is 5.73 Å². The third-order valence-electron chi connectivity index (χ3n) is 3.91. The van der Waals surface area contributed by atoms with Crippen LogP contribution >= 0.6 is 0 Å². The third-order valence-corrected chi connectivity index (χ3v) is 3.91. The highest BCUT2D eigenvalue weighted by Gasteiger charge is 2.21. The second-order valence-corrected chi connectivity index (χ2v) is 5.68. The van der Waals surface area contributed by atoms with Crippen molar-refractivity contribution in [3.63, 3.8) is 0 Å². The van der Waals surface area contributed by atoms with Crippen molar-refractivity contribution in [1.82, 2.24) is 10.2 Å². The molecule has 5 nitrogen and oxygen atoms in total. The summed E-state index contributed by atoms with van der Waals surface area (Å²) >= 11 is 0. The zero-order valence-corrected chi connectivity index (χ0v) is 12.3. The third kappa shape index (κ3) is 5.55. The molecule has 2 rings (SSSR count). The van der Waals surface area contributed by atoms with E-state index in [0.717, 1.165) is 19.0 Å². The summed E-state index contributed by atoms with van der Waals surface area (Å²) in [6.45, 7) is 2.49. The van der Waals surface area contributed by atoms with E-state index in [1.807, 2.05) is 18.2 Å². The Morgan fingerprint density at radius 1 is 1.24 bits per heavy atom. The van der Waals surface area contributed by atoms with Crippen LogP contribution in [0.3, 0.4) is 0 Å². The van der Waals surface area contributed by atoms with Crippen molar-refractivity contribution in [1.29, 1.82) is 0 Å². The molecule has 114 valence electrons. The first-order chi connectivity index (χ1) is 10.1. The SMILES string of the molecule is NC(=O)NC(=O)CCN(Cc1ccccc1)CC1CCC1. The molecule has 1 aromatic carbocycles. The first-order valence-corrected chi connectivity index (χ1v) is 7.49. The molecule has 0 bridgehead atoms. The number of imide groups is 1. The van der Waals surface area contributed by atoms with E-state index >= 15 is 0 Å². The smallest absolute Gasteiger partial charge is 0.318 e. The van der Waals surface area contributed by atoms with Gasteiger partial charge in [-0.2, -0.15) is 0 Å². The minimum atomic E-state index is -0.784. The Morgan fingerprint density at radius 2 is 1.95 bits per heavy atom. The zero-order chi connectivity index (χ0) is 15.1. The van der Waals surface area contributed by atoms with Gasteiger partial charge in [-0.05, 0) is 24.3 Å². The maximum atomic E-state index is 11.5. The van der Waals surface area contributed by atoms with Gasteiger partial charge < -0.3 is 5.73 Å². The monoisotopic (exact) mass is 289 g/mol. The molecule has 5 heteroatoms. The number of benzene rings is 1. The highest BCUT2D eigenvalue weighted by atomic mass is 16.2. The van der Waals surface area contributed by atoms with Gasteiger partial charge >= 0.3 is 6.03 Å². The number of urea groups is 1. The Hall–Kier alpha value is -1.88. The van der Waals surface area contributed by atoms with E-state index in [9.17, 15) is 9.59 Å². The number of hydrogen-bond donors (Lipinski definition) is 2. The van der Waals surface area contributed by atoms with Crippen LogP contribution in [0.4, 0.5) is 4.79 Å². The summed E-state index contributed by atoms with van der Waals surface area (Å²) in [6, 6.07) is 9.45. The number of hydrogen-bond acceptors (Lipinski definition) is 3. The Labute approximate surface area is 125 Å². The molecule has 1 aromatic rings. The highest BCUT2D eigenvalue weighted by molar-refractivity contribution is 5.93. The van der Waals surface area contributed by atoms with Crippen molar-refractivity contribution < 1.29 is 9.59 Å². The molecule has 0 spiro atoms. The van der Waals surface area contributed by atoms with Crippen LogP contribution in [0.15, 0.2) is 30.3 Å². The van der Waals surface area contributed by atoms with Gasteiger partial charge in [0.1, 0.15) is 0 Å². The Morgan fingerprint density at radius 3 is 2.52 bits per heavy atom. The zero-order valence-electron chi connectivity index (χ0n) is 12.3. The predicted molar refractivity (Wildman–Crippen MR) is 81.4 cm³/mol. The molecule has 3 N–H and O–H groups in total. The average Bonchev–Trinajstić information content (AvgIpc) is 2.40. The fraction of sp³-hybridized carbons (Fsp3) is 0.500. The van der Waals surface area contributed by atoms with Gasteiger partial charge in [0.05, 0.1) is 0 Å². The molecule has 3 amide bonds. The van der Waals surface area contributed by atoms with Gasteiger partial charge in [0.25, 0.3) is 0 Å². The molecule has 1 fully saturated rings. The molecule has 1 saturated carbocycles. The summed E-state index contributed by atoms with van der Waals surface area (Å²) in [5.41, 5.74) is 6.19. The van der Waals surface area contributed by atoms with Crippen molar-refractivity contribution >= 4 is 11.9 Å². The Bertz CT molecular complexity index is 472. The molecule has 0 saturated heterocycles. The van der Waals surface area contributed by atoms with E-state index in [-0.39, 0.29) is 5.91 Å². The number of amides is 3. The summed E-state index contributed by atoms with van der Waals surface area (Å²) < 4.78 is 0. The van der Waals surface area contributed by atoms with Crippen LogP contribution in [0.25, 0.3) is 0 Å². The van der Waals surface area contributed by atoms with E-state index in [0.29, 0.717) is 13.0 Å². The first kappa shape index (κ1) is 15.5. The van der Waals surface area contributed by atoms with Gasteiger partial charge in [0.2, 0.25) is 5.91 Å². The van der Waals surface area contributed by atoms with Crippen molar-refractivity contribution in [3.8, 4) is 0 Å². The van der Waals surface area contributed by atoms with Gasteiger partial charge in [-0.15, -0.1) is 0 Å². The molecular formula is C16H23N3O2. The number of carbonyl (C=O) groups excluding carboxylic acids is 2. The largest absolute Gasteiger partial charge is 0.351 e. The van der Waals surface area contributed by atoms with Crippen molar-refractivity contribution in [3.05, 3.63) is 35.9 Å². The van der Waals surface area contributed by atoms with Crippen LogP contribution in [-0.2, 0) is 11.3 Å². The van der Waals surface area contributed by atoms with Gasteiger partial charge in [0.15, 0.2) is 0 Å². The molecule has 0 atom stereocenters. The minimum absolute atomic E-state index is 0.294. The van der Waals surface area contributed by atoms with Gasteiger partial charge in [-0.1, -0.05) is 36.8 Å². The van der Waals surface area contributed by atoms with Crippen LogP contribution in [0.2, 0.25) is 0 Å². The quantitative estimate of drug-likeness (QED) is 0.804. The topological polar surface area (TPSA) is 75.4 Å². The molecule has 0 aliphatic heterocycles. The maximum absolute atomic E-state index is 11.5. The van der Waals surface area contributed by atoms with E-state index in [1.54, 1.807) is 0 Å². The number of primary amides is 1. The lowest BCUT2D eigenvalue weighted by atomic mass is 9.85. The Balaban J connectivity index is 1.85. The second-order valence-electron chi connectivity index (χ2n) is 5.68. The van der Waals surface area contributed by atoms with Crippen LogP contribution < -0.4 is 11.1 Å². The molecule has 1 aliphatic carbocycles. The highest BCUT2D eigenvalue weighted by Crippen LogP contribution is 2.27. The molecule has 0 heterocycles. The maximum Gasteiger partial charge on any atom is 0.318 e. The van der Waals surface area contributed by atoms with Crippen LogP contribution in [-0.4, -0.2) is 29.9 Å². The molecule has 0 aromatic heterocycles. The van der Waals surface area contributed by atoms with Crippen molar-refractivity contribution in [2.24, 2.45) is 11.7 Å². The predicted octanol–water partition coefficient (Wildman–Crippen LogP) is 1.87. The average molecular weight is 289 g/mol. The van der Waals surface area contributed by atoms with Crippen molar-refractivity contribution in [2.45, 2.75) is 32.2 Å². The summed E-state index contributed by atoms with van der Waals surface area (Å²) in [7, 11) is 0. The summed E-state index contributed by atoms with van der Waals surface area (Å²) in [6.07, 6.45) is 4.16. The van der Waals surface area contributed by atoms with E-state index in [2.05, 4.69) is 22.3 Å². The summed E-state index contributed by atoms with van der Waals surface area (Å²) in [4.78, 5) is 24.5. The minimum Gasteiger partial charge on any atom is -0.351 e. The number of nitrogens with one attached hydrogen (secondary N) is 1. The number of nitrogens with two attached hydrogens (primary N) is 1. The lowest BCUT2D eigenvalue weighted by molar-refractivity contribution is -0.120. The van der Waals surface area contributed by atoms with Crippen LogP contribution in [0.1, 0.15) is 31.2 Å². The molecular weight excluding hydrogens is 266 g/mol. The lowest BCUT2D eigenvalue weighted by Gasteiger charge is -2.32. The molecule has 0 unspecified atom stereocenters. The second kappa shape index (κ2) is 7.78. The fourth-order valence-corrected chi connectivity index (χ4v) is 2.58. The standard InChI is InChI=1S/C16H23N3O2/c17-16(21)18-15(20)9-10-19(12-14-7-4-8-14)11-13-5-2-1-3-6-13/h1-3,5-6,14H,4,7-12H2,(H3,17,18,20,21). The molecule has 21 heavy (non-hydrogen) atoms. The van der Waals surface area contributed by atoms with Gasteiger partial charge in [0, 0.05) is 26.1 Å². The van der Waals surface area contributed by atoms with E-state index in [1.165, 1.54) is 24.8 Å². The van der Waals surface area contributed by atoms with Crippen LogP contribution in [0, 0.1) is 5.92 Å². The number of rotatable bonds is 7. The van der Waals surface area contributed by atoms with Gasteiger partial charge in [-0.3, -0.25) is 15.0 Å². The summed E-state index contributed by atoms with van der Waals surface area (Å²) in [5, 5.41) is 2.12. The molecule has 0 radical (unpaired) electrons. The van der Waals surface area contributed by atoms with Crippen LogP contribution in [0.5, 0.6) is 0 Å². The lowest BCUT2D eigenvalue weighted by Crippen LogP contribution is -2.38. The Kier molecular flexibility index (Phi) is 5.75. The molecule has 1 aliphatic rings. The van der Waals surface area contributed by atoms with Crippen molar-refractivity contribution in [2.75, 3.05) is 13.1 Å². The normalized spacial score (nSPS) is 14.7. The number of carbonyl (C=O) groups is 2. The summed E-state index contributed by atoms with van der Waals surface area (Å²) in [5.74, 6) is 0.432. The van der Waals surface area contributed by atoms with Gasteiger partial charge in [-0.25, -0.2) is 4.79 Å².